The molecule has 0 heterocycles. The molecule has 0 radical (unpaired) electrons. The van der Waals surface area contributed by atoms with E-state index in [-0.39, 0.29) is 18.9 Å². The molecule has 0 rings (SSSR count). The van der Waals surface area contributed by atoms with Crippen LogP contribution >= 0.6 is 0 Å². The van der Waals surface area contributed by atoms with Gasteiger partial charge in [-0.15, -0.1) is 0 Å². The summed E-state index contributed by atoms with van der Waals surface area (Å²) in [6, 6.07) is 0. The standard InChI is InChI=1S/C3H4O4.3BH3O3.BH2O3.Li/c4-2(5)1-3(6)7;4*2-1(3)4;/h1H2,(H,4,5)(H,6,7);3*2-4H;2-3H;/q;;;;-1;+1. The molecule has 0 aromatic carbocycles. The number of carboxylic acids is 2. The van der Waals surface area contributed by atoms with E-state index in [0.717, 1.165) is 0 Å². The Morgan fingerprint density at radius 2 is 0.708 bits per heavy atom. The number of aliphatic carboxylic acids is 2. The van der Waals surface area contributed by atoms with Gasteiger partial charge in [0.1, 0.15) is 6.42 Å². The van der Waals surface area contributed by atoms with Gasteiger partial charge in [0, 0.05) is 0 Å². The normalized spacial score (nSPS) is 6.83. The molecule has 136 valence electrons. The first-order valence-electron chi connectivity index (χ1n) is 4.64. The molecule has 0 aliphatic rings. The topological polar surface area (TPSA) is 320 Å². The summed E-state index contributed by atoms with van der Waals surface area (Å²) >= 11 is 0. The molecule has 16 nitrogen and oxygen atoms in total. The van der Waals surface area contributed by atoms with Gasteiger partial charge in [-0.3, -0.25) is 9.59 Å². The van der Waals surface area contributed by atoms with Crippen LogP contribution < -0.4 is 23.9 Å². The molecule has 0 amide bonds. The molecule has 0 saturated heterocycles. The predicted molar refractivity (Wildman–Crippen MR) is 67.3 cm³/mol. The van der Waals surface area contributed by atoms with Gasteiger partial charge in [-0.1, -0.05) is 0 Å². The number of rotatable bonds is 2. The molecule has 0 aromatic heterocycles. The fourth-order valence-electron chi connectivity index (χ4n) is 0.129. The largest absolute Gasteiger partial charge is 1.00 e. The van der Waals surface area contributed by atoms with Gasteiger partial charge in [-0.2, -0.15) is 0 Å². The number of hydrogen-bond donors (Lipinski definition) is 13. The van der Waals surface area contributed by atoms with Crippen molar-refractivity contribution >= 4 is 41.2 Å². The summed E-state index contributed by atoms with van der Waals surface area (Å²) in [4.78, 5) is 18.9. The monoisotopic (exact) mass is 358 g/mol. The van der Waals surface area contributed by atoms with Gasteiger partial charge in [0.25, 0.3) is 0 Å². The van der Waals surface area contributed by atoms with E-state index in [0.29, 0.717) is 0 Å². The third-order valence-corrected chi connectivity index (χ3v) is 0.302. The van der Waals surface area contributed by atoms with Gasteiger partial charge in [-0.25, -0.2) is 0 Å². The van der Waals surface area contributed by atoms with Crippen LogP contribution in [-0.2, 0) is 9.59 Å². The van der Waals surface area contributed by atoms with Crippen LogP contribution in [0.5, 0.6) is 0 Å². The molecule has 21 heteroatoms. The third-order valence-electron chi connectivity index (χ3n) is 0.302. The molecule has 0 fully saturated rings. The third kappa shape index (κ3) is 800. The van der Waals surface area contributed by atoms with Crippen molar-refractivity contribution in [2.45, 2.75) is 6.42 Å². The molecule has 0 atom stereocenters. The minimum atomic E-state index is -2.42. The zero-order valence-electron chi connectivity index (χ0n) is 12.1. The Bertz CT molecular complexity index is 202. The number of carbonyl (C=O) groups is 2. The molecule has 24 heavy (non-hydrogen) atoms. The van der Waals surface area contributed by atoms with Crippen LogP contribution in [0.1, 0.15) is 6.42 Å². The van der Waals surface area contributed by atoms with Crippen LogP contribution in [-0.4, -0.2) is 107 Å². The van der Waals surface area contributed by atoms with E-state index in [4.69, 9.17) is 70.5 Å². The van der Waals surface area contributed by atoms with Crippen molar-refractivity contribution in [1.29, 1.82) is 0 Å². The van der Waals surface area contributed by atoms with Crippen LogP contribution in [0, 0.1) is 0 Å². The van der Waals surface area contributed by atoms with E-state index in [9.17, 15) is 9.59 Å². The average Bonchev–Trinajstić information content (AvgIpc) is 2.09. The van der Waals surface area contributed by atoms with Gasteiger partial charge in [-0.05, 0) is 0 Å². The molecule has 0 aromatic rings. The van der Waals surface area contributed by atoms with Crippen molar-refractivity contribution in [3.8, 4) is 0 Å². The first-order valence-corrected chi connectivity index (χ1v) is 4.64. The van der Waals surface area contributed by atoms with Crippen LogP contribution in [0.25, 0.3) is 0 Å². The van der Waals surface area contributed by atoms with E-state index >= 15 is 0 Å². The minimum absolute atomic E-state index is 0. The maximum absolute atomic E-state index is 9.43. The maximum atomic E-state index is 9.43. The first kappa shape index (κ1) is 38.7. The SMILES string of the molecule is O=C(O)CC(=O)O.OB(O)O.OB(O)O.OB(O)O.[Li+].[O-]B(O)O. The van der Waals surface area contributed by atoms with Crippen molar-refractivity contribution < 1.29 is 99.0 Å². The Labute approximate surface area is 147 Å². The molecule has 0 bridgehead atoms. The van der Waals surface area contributed by atoms with Crippen LogP contribution in [0.4, 0.5) is 0 Å². The van der Waals surface area contributed by atoms with Crippen molar-refractivity contribution in [1.82, 2.24) is 0 Å². The second-order valence-corrected chi connectivity index (χ2v) is 2.33. The quantitative estimate of drug-likeness (QED) is 0.161. The van der Waals surface area contributed by atoms with Crippen molar-refractivity contribution in [3.05, 3.63) is 0 Å². The summed E-state index contributed by atoms with van der Waals surface area (Å²) in [5, 5.41) is 103. The fraction of sp³-hybridized carbons (Fsp3) is 0.333. The smallest absolute Gasteiger partial charge is 0.832 e. The van der Waals surface area contributed by atoms with Gasteiger partial charge < -0.3 is 70.5 Å². The summed E-state index contributed by atoms with van der Waals surface area (Å²) < 4.78 is 0. The summed E-state index contributed by atoms with van der Waals surface area (Å²) in [6.45, 7) is 0. The van der Waals surface area contributed by atoms with E-state index in [1.165, 1.54) is 0 Å². The van der Waals surface area contributed by atoms with Gasteiger partial charge in [0.15, 0.2) is 0 Å². The summed E-state index contributed by atoms with van der Waals surface area (Å²) in [5.41, 5.74) is 0. The maximum Gasteiger partial charge on any atom is 1.00 e. The zero-order valence-corrected chi connectivity index (χ0v) is 12.1. The van der Waals surface area contributed by atoms with Crippen LogP contribution in [0.15, 0.2) is 0 Å². The average molecular weight is 357 g/mol. The van der Waals surface area contributed by atoms with Gasteiger partial charge in [0.2, 0.25) is 0 Å². The minimum Gasteiger partial charge on any atom is -0.832 e. The van der Waals surface area contributed by atoms with Crippen LogP contribution in [0.3, 0.4) is 0 Å². The summed E-state index contributed by atoms with van der Waals surface area (Å²) in [6.07, 6.45) is -0.806. The zero-order chi connectivity index (χ0) is 20.2. The van der Waals surface area contributed by atoms with Crippen molar-refractivity contribution in [2.75, 3.05) is 0 Å². The van der Waals surface area contributed by atoms with E-state index in [2.05, 4.69) is 0 Å². The second-order valence-electron chi connectivity index (χ2n) is 2.33. The van der Waals surface area contributed by atoms with E-state index in [1.807, 2.05) is 0 Å². The molecular formula is C3H15B4LiO16. The Morgan fingerprint density at radius 1 is 0.625 bits per heavy atom. The number of carboxylic acid groups (broad SMARTS) is 2. The Hall–Kier alpha value is -0.683. The van der Waals surface area contributed by atoms with Crippen molar-refractivity contribution in [3.63, 3.8) is 0 Å². The fourth-order valence-corrected chi connectivity index (χ4v) is 0.129. The first-order chi connectivity index (χ1) is 10.1. The molecule has 0 saturated carbocycles. The van der Waals surface area contributed by atoms with Gasteiger partial charge >= 0.3 is 60.1 Å². The van der Waals surface area contributed by atoms with Gasteiger partial charge in [0.05, 0.1) is 0 Å². The second kappa shape index (κ2) is 30.2. The molecule has 0 aliphatic heterocycles. The molecule has 0 unspecified atom stereocenters. The Morgan fingerprint density at radius 3 is 0.708 bits per heavy atom. The molecular weight excluding hydrogens is 342 g/mol. The van der Waals surface area contributed by atoms with E-state index in [1.54, 1.807) is 0 Å². The molecule has 0 spiro atoms. The van der Waals surface area contributed by atoms with Crippen molar-refractivity contribution in [2.24, 2.45) is 0 Å². The Kier molecular flexibility index (Phi) is 48.8. The number of hydrogen-bond acceptors (Lipinski definition) is 14. The predicted octanol–water partition coefficient (Wildman–Crippen LogP) is -12.3. The summed E-state index contributed by atoms with van der Waals surface area (Å²) in [5.74, 6) is -2.62. The molecule has 0 aliphatic carbocycles. The molecule has 13 N–H and O–H groups in total. The van der Waals surface area contributed by atoms with Crippen LogP contribution in [0.2, 0.25) is 0 Å². The van der Waals surface area contributed by atoms with E-state index < -0.39 is 47.6 Å². The Balaban J connectivity index is -0.0000000429. The summed E-state index contributed by atoms with van der Waals surface area (Å²) in [7, 11) is -8.92.